The fraction of sp³-hybridized carbons (Fsp3) is 0.0800. The highest BCUT2D eigenvalue weighted by atomic mass is 15.2. The smallest absolute Gasteiger partial charge is 0.181 e. The molecule has 0 aliphatic heterocycles. The Hall–Kier alpha value is -4.39. The minimum absolute atomic E-state index is 0.675. The number of aryl methyl sites for hydroxylation is 1. The fourth-order valence-electron chi connectivity index (χ4n) is 4.05. The van der Waals surface area contributed by atoms with Crippen molar-refractivity contribution >= 4 is 21.9 Å². The second kappa shape index (κ2) is 7.39. The minimum Gasteiger partial charge on any atom is -0.352 e. The van der Waals surface area contributed by atoms with E-state index in [9.17, 15) is 0 Å². The zero-order valence-electron chi connectivity index (χ0n) is 17.4. The Labute approximate surface area is 183 Å². The van der Waals surface area contributed by atoms with Gasteiger partial charge in [-0.15, -0.1) is 0 Å². The van der Waals surface area contributed by atoms with Crippen LogP contribution in [0.4, 0.5) is 0 Å². The van der Waals surface area contributed by atoms with Crippen molar-refractivity contribution in [1.29, 1.82) is 0 Å². The van der Waals surface area contributed by atoms with Gasteiger partial charge in [-0.05, 0) is 47.9 Å². The molecule has 0 unspecified atom stereocenters. The van der Waals surface area contributed by atoms with Crippen LogP contribution in [0.15, 0.2) is 73.7 Å². The Balaban J connectivity index is 1.50. The molecule has 6 aromatic rings. The number of rotatable bonds is 4. The van der Waals surface area contributed by atoms with Crippen LogP contribution in [0.2, 0.25) is 0 Å². The second-order valence-corrected chi connectivity index (χ2v) is 7.70. The van der Waals surface area contributed by atoms with Crippen molar-refractivity contribution in [2.75, 3.05) is 0 Å². The SMILES string of the molecule is CCc1cncc(-c2cnc3n[nH]c(-c4cc5c(-c6ccncc6)cncc5[nH]4)c3c2)c1. The van der Waals surface area contributed by atoms with Crippen molar-refractivity contribution in [3.8, 4) is 33.6 Å². The quantitative estimate of drug-likeness (QED) is 0.412. The first-order chi connectivity index (χ1) is 15.8. The molecule has 0 saturated carbocycles. The fourth-order valence-corrected chi connectivity index (χ4v) is 4.05. The molecule has 0 bridgehead atoms. The van der Waals surface area contributed by atoms with E-state index < -0.39 is 0 Å². The van der Waals surface area contributed by atoms with Crippen LogP contribution in [0.25, 0.3) is 55.6 Å². The van der Waals surface area contributed by atoms with Gasteiger partial charge in [0.15, 0.2) is 5.65 Å². The average Bonchev–Trinajstić information content (AvgIpc) is 3.48. The molecule has 0 radical (unpaired) electrons. The van der Waals surface area contributed by atoms with E-state index in [1.807, 2.05) is 43.1 Å². The Bertz CT molecular complexity index is 1560. The number of pyridine rings is 4. The molecule has 7 heteroatoms. The predicted octanol–water partition coefficient (Wildman–Crippen LogP) is 5.19. The molecule has 2 N–H and O–H groups in total. The summed E-state index contributed by atoms with van der Waals surface area (Å²) in [6.45, 7) is 2.13. The number of nitrogens with one attached hydrogen (secondary N) is 2. The third kappa shape index (κ3) is 3.02. The predicted molar refractivity (Wildman–Crippen MR) is 125 cm³/mol. The lowest BCUT2D eigenvalue weighted by Gasteiger charge is -2.03. The molecule has 0 saturated heterocycles. The molecular weight excluding hydrogens is 398 g/mol. The Morgan fingerprint density at radius 2 is 1.62 bits per heavy atom. The van der Waals surface area contributed by atoms with E-state index in [1.54, 1.807) is 12.4 Å². The van der Waals surface area contributed by atoms with Crippen LogP contribution in [0.3, 0.4) is 0 Å². The van der Waals surface area contributed by atoms with Gasteiger partial charge in [-0.2, -0.15) is 5.10 Å². The summed E-state index contributed by atoms with van der Waals surface area (Å²) in [5, 5.41) is 9.62. The molecule has 0 aromatic carbocycles. The molecule has 154 valence electrons. The van der Waals surface area contributed by atoms with E-state index in [-0.39, 0.29) is 0 Å². The summed E-state index contributed by atoms with van der Waals surface area (Å²) in [4.78, 5) is 21.0. The number of fused-ring (bicyclic) bond motifs is 2. The molecular formula is C25H19N7. The molecule has 0 amide bonds. The van der Waals surface area contributed by atoms with E-state index in [0.29, 0.717) is 5.65 Å². The highest BCUT2D eigenvalue weighted by molar-refractivity contribution is 6.00. The van der Waals surface area contributed by atoms with Crippen molar-refractivity contribution in [3.63, 3.8) is 0 Å². The van der Waals surface area contributed by atoms with E-state index in [0.717, 1.165) is 56.4 Å². The first kappa shape index (κ1) is 18.4. The molecule has 6 rings (SSSR count). The summed E-state index contributed by atoms with van der Waals surface area (Å²) in [5.74, 6) is 0. The third-order valence-corrected chi connectivity index (χ3v) is 5.75. The van der Waals surface area contributed by atoms with E-state index in [4.69, 9.17) is 0 Å². The molecule has 32 heavy (non-hydrogen) atoms. The Morgan fingerprint density at radius 3 is 2.50 bits per heavy atom. The van der Waals surface area contributed by atoms with Crippen molar-refractivity contribution in [2.24, 2.45) is 0 Å². The highest BCUT2D eigenvalue weighted by Crippen LogP contribution is 2.34. The summed E-state index contributed by atoms with van der Waals surface area (Å²) >= 11 is 0. The molecule has 6 aromatic heterocycles. The van der Waals surface area contributed by atoms with Crippen LogP contribution in [0.1, 0.15) is 12.5 Å². The van der Waals surface area contributed by atoms with Crippen LogP contribution in [0, 0.1) is 0 Å². The molecule has 6 heterocycles. The van der Waals surface area contributed by atoms with Gasteiger partial charge in [-0.25, -0.2) is 4.98 Å². The monoisotopic (exact) mass is 417 g/mol. The summed E-state index contributed by atoms with van der Waals surface area (Å²) in [7, 11) is 0. The van der Waals surface area contributed by atoms with Gasteiger partial charge in [0.1, 0.15) is 0 Å². The van der Waals surface area contributed by atoms with E-state index in [1.165, 1.54) is 5.56 Å². The number of nitrogens with zero attached hydrogens (tertiary/aromatic N) is 5. The summed E-state index contributed by atoms with van der Waals surface area (Å²) in [6.07, 6.45) is 13.9. The molecule has 0 aliphatic carbocycles. The van der Waals surface area contributed by atoms with Crippen molar-refractivity contribution in [2.45, 2.75) is 13.3 Å². The van der Waals surface area contributed by atoms with Crippen LogP contribution < -0.4 is 0 Å². The van der Waals surface area contributed by atoms with Crippen molar-refractivity contribution in [3.05, 3.63) is 79.3 Å². The maximum absolute atomic E-state index is 4.57. The van der Waals surface area contributed by atoms with Crippen molar-refractivity contribution < 1.29 is 0 Å². The van der Waals surface area contributed by atoms with Gasteiger partial charge in [0.2, 0.25) is 0 Å². The normalized spacial score (nSPS) is 11.4. The molecule has 0 fully saturated rings. The largest absolute Gasteiger partial charge is 0.352 e. The summed E-state index contributed by atoms with van der Waals surface area (Å²) in [6, 6.07) is 10.4. The molecule has 7 nitrogen and oxygen atoms in total. The Morgan fingerprint density at radius 1 is 0.781 bits per heavy atom. The number of aromatic nitrogens is 7. The molecule has 0 spiro atoms. The van der Waals surface area contributed by atoms with Crippen LogP contribution in [-0.2, 0) is 6.42 Å². The maximum Gasteiger partial charge on any atom is 0.181 e. The minimum atomic E-state index is 0.675. The highest BCUT2D eigenvalue weighted by Gasteiger charge is 2.15. The lowest BCUT2D eigenvalue weighted by molar-refractivity contribution is 1.09. The Kier molecular flexibility index (Phi) is 4.24. The van der Waals surface area contributed by atoms with E-state index >= 15 is 0 Å². The van der Waals surface area contributed by atoms with Crippen LogP contribution >= 0.6 is 0 Å². The lowest BCUT2D eigenvalue weighted by atomic mass is 10.0. The van der Waals surface area contributed by atoms with Gasteiger partial charge in [0.25, 0.3) is 0 Å². The van der Waals surface area contributed by atoms with Crippen molar-refractivity contribution in [1.82, 2.24) is 35.1 Å². The number of H-pyrrole nitrogens is 2. The standard InChI is InChI=1S/C25H19N7/c1-2-15-7-17(11-27-10-15)18-8-20-24(31-32-25(20)29-12-18)22-9-19-21(13-28-14-23(19)30-22)16-3-5-26-6-4-16/h3-14,30H,2H2,1H3,(H,29,31,32). The zero-order chi connectivity index (χ0) is 21.5. The summed E-state index contributed by atoms with van der Waals surface area (Å²) in [5.41, 5.74) is 8.85. The number of hydrogen-bond donors (Lipinski definition) is 2. The molecule has 0 atom stereocenters. The topological polar surface area (TPSA) is 96.0 Å². The zero-order valence-corrected chi connectivity index (χ0v) is 17.4. The van der Waals surface area contributed by atoms with Gasteiger partial charge in [0, 0.05) is 64.6 Å². The average molecular weight is 417 g/mol. The first-order valence-corrected chi connectivity index (χ1v) is 10.5. The van der Waals surface area contributed by atoms with Gasteiger partial charge in [-0.3, -0.25) is 20.1 Å². The third-order valence-electron chi connectivity index (χ3n) is 5.75. The van der Waals surface area contributed by atoms with Crippen LogP contribution in [-0.4, -0.2) is 35.1 Å². The number of hydrogen-bond acceptors (Lipinski definition) is 5. The van der Waals surface area contributed by atoms with Gasteiger partial charge in [-0.1, -0.05) is 6.92 Å². The van der Waals surface area contributed by atoms with E-state index in [2.05, 4.69) is 60.2 Å². The van der Waals surface area contributed by atoms with Crippen LogP contribution in [0.5, 0.6) is 0 Å². The van der Waals surface area contributed by atoms with Gasteiger partial charge < -0.3 is 4.98 Å². The summed E-state index contributed by atoms with van der Waals surface area (Å²) < 4.78 is 0. The lowest BCUT2D eigenvalue weighted by Crippen LogP contribution is -1.87. The van der Waals surface area contributed by atoms with Gasteiger partial charge >= 0.3 is 0 Å². The maximum atomic E-state index is 4.57. The number of aromatic amines is 2. The first-order valence-electron chi connectivity index (χ1n) is 10.5. The molecule has 0 aliphatic rings. The van der Waals surface area contributed by atoms with Gasteiger partial charge in [0.05, 0.1) is 23.1 Å². The second-order valence-electron chi connectivity index (χ2n) is 7.70.